The molecule has 5 nitrogen and oxygen atoms in total. The molecule has 22 heavy (non-hydrogen) atoms. The van der Waals surface area contributed by atoms with Gasteiger partial charge in [-0.15, -0.1) is 0 Å². The van der Waals surface area contributed by atoms with E-state index in [2.05, 4.69) is 5.32 Å². The lowest BCUT2D eigenvalue weighted by Crippen LogP contribution is -2.39. The maximum Gasteiger partial charge on any atom is 0.244 e. The van der Waals surface area contributed by atoms with Crippen LogP contribution in [-0.2, 0) is 9.59 Å². The number of hydrogen-bond acceptors (Lipinski definition) is 3. The molecule has 1 atom stereocenters. The van der Waals surface area contributed by atoms with E-state index >= 15 is 0 Å². The highest BCUT2D eigenvalue weighted by Crippen LogP contribution is 2.13. The summed E-state index contributed by atoms with van der Waals surface area (Å²) in [4.78, 5) is 26.0. The summed E-state index contributed by atoms with van der Waals surface area (Å²) in [5, 5.41) is 2.86. The molecule has 1 unspecified atom stereocenters. The van der Waals surface area contributed by atoms with E-state index < -0.39 is 0 Å². The number of nitrogens with zero attached hydrogens (tertiary/aromatic N) is 1. The number of amides is 2. The van der Waals surface area contributed by atoms with Crippen LogP contribution in [0.2, 0.25) is 0 Å². The lowest BCUT2D eigenvalue weighted by molar-refractivity contribution is -0.134. The van der Waals surface area contributed by atoms with Crippen LogP contribution in [0.25, 0.3) is 0 Å². The second kappa shape index (κ2) is 9.20. The van der Waals surface area contributed by atoms with Crippen LogP contribution in [0.3, 0.4) is 0 Å². The zero-order valence-corrected chi connectivity index (χ0v) is 13.8. The van der Waals surface area contributed by atoms with Gasteiger partial charge in [0.2, 0.25) is 11.8 Å². The Morgan fingerprint density at radius 3 is 2.59 bits per heavy atom. The minimum atomic E-state index is -0.170. The van der Waals surface area contributed by atoms with Crippen LogP contribution in [0.15, 0.2) is 24.3 Å². The Morgan fingerprint density at radius 1 is 1.32 bits per heavy atom. The molecule has 5 heteroatoms. The first-order valence-electron chi connectivity index (χ1n) is 7.82. The number of carbonyl (C=O) groups excluding carboxylic acids is 2. The van der Waals surface area contributed by atoms with E-state index in [1.54, 1.807) is 4.90 Å². The number of rotatable bonds is 8. The third-order valence-electron chi connectivity index (χ3n) is 3.41. The van der Waals surface area contributed by atoms with Gasteiger partial charge in [-0.3, -0.25) is 9.59 Å². The monoisotopic (exact) mass is 305 g/mol. The molecule has 2 amide bonds. The van der Waals surface area contributed by atoms with E-state index in [9.17, 15) is 9.59 Å². The Hall–Kier alpha value is -1.88. The van der Waals surface area contributed by atoms with Crippen molar-refractivity contribution in [1.82, 2.24) is 4.90 Å². The van der Waals surface area contributed by atoms with Gasteiger partial charge in [-0.25, -0.2) is 0 Å². The van der Waals surface area contributed by atoms with E-state index in [-0.39, 0.29) is 24.4 Å². The molecular formula is C17H27N3O2. The first-order valence-corrected chi connectivity index (χ1v) is 7.82. The molecule has 0 heterocycles. The normalized spacial score (nSPS) is 11.8. The predicted molar refractivity (Wildman–Crippen MR) is 89.6 cm³/mol. The van der Waals surface area contributed by atoms with Gasteiger partial charge >= 0.3 is 0 Å². The van der Waals surface area contributed by atoms with Crippen molar-refractivity contribution in [3.05, 3.63) is 29.8 Å². The number of nitrogens with two attached hydrogens (primary N) is 1. The molecule has 3 N–H and O–H groups in total. The van der Waals surface area contributed by atoms with Gasteiger partial charge in [0.1, 0.15) is 0 Å². The molecule has 0 saturated heterocycles. The van der Waals surface area contributed by atoms with Crippen LogP contribution in [0.5, 0.6) is 0 Å². The Kier molecular flexibility index (Phi) is 7.60. The molecule has 122 valence electrons. The van der Waals surface area contributed by atoms with Crippen LogP contribution in [0.1, 0.15) is 38.7 Å². The molecule has 0 aliphatic heterocycles. The van der Waals surface area contributed by atoms with Crippen molar-refractivity contribution in [1.29, 1.82) is 0 Å². The maximum absolute atomic E-state index is 12.2. The van der Waals surface area contributed by atoms with Crippen LogP contribution in [0, 0.1) is 6.92 Å². The summed E-state index contributed by atoms with van der Waals surface area (Å²) in [6, 6.07) is 7.59. The number of aryl methyl sites for hydroxylation is 1. The molecule has 0 radical (unpaired) electrons. The average Bonchev–Trinajstić information content (AvgIpc) is 2.46. The zero-order chi connectivity index (χ0) is 16.5. The number of para-hydroxylation sites is 1. The Balaban J connectivity index is 2.60. The Bertz CT molecular complexity index is 500. The van der Waals surface area contributed by atoms with Crippen LogP contribution < -0.4 is 11.1 Å². The molecule has 0 aliphatic rings. The minimum absolute atomic E-state index is 0.00628. The van der Waals surface area contributed by atoms with Gasteiger partial charge in [-0.1, -0.05) is 25.1 Å². The van der Waals surface area contributed by atoms with Gasteiger partial charge in [0.05, 0.1) is 6.54 Å². The summed E-state index contributed by atoms with van der Waals surface area (Å²) < 4.78 is 0. The third kappa shape index (κ3) is 6.26. The van der Waals surface area contributed by atoms with E-state index in [4.69, 9.17) is 5.73 Å². The van der Waals surface area contributed by atoms with Crippen LogP contribution >= 0.6 is 0 Å². The van der Waals surface area contributed by atoms with E-state index in [0.717, 1.165) is 17.7 Å². The molecule has 0 saturated carbocycles. The van der Waals surface area contributed by atoms with E-state index in [1.807, 2.05) is 45.0 Å². The standard InChI is InChI=1S/C17H27N3O2/c1-4-11-20(17(22)10-9-14(3)18)12-16(21)19-15-8-6-5-7-13(15)2/h5-8,14H,4,9-12,18H2,1-3H3,(H,19,21). The molecule has 0 aromatic heterocycles. The SMILES string of the molecule is CCCN(CC(=O)Nc1ccccc1C)C(=O)CCC(C)N. The van der Waals surface area contributed by atoms with E-state index in [0.29, 0.717) is 19.4 Å². The molecule has 0 bridgehead atoms. The quantitative estimate of drug-likeness (QED) is 0.774. The maximum atomic E-state index is 12.2. The molecule has 0 aliphatic carbocycles. The van der Waals surface area contributed by atoms with Gasteiger partial charge in [-0.05, 0) is 38.3 Å². The number of benzene rings is 1. The number of anilines is 1. The van der Waals surface area contributed by atoms with Gasteiger partial charge in [0.15, 0.2) is 0 Å². The van der Waals surface area contributed by atoms with Gasteiger partial charge in [-0.2, -0.15) is 0 Å². The largest absolute Gasteiger partial charge is 0.333 e. The van der Waals surface area contributed by atoms with Crippen molar-refractivity contribution in [2.75, 3.05) is 18.4 Å². The predicted octanol–water partition coefficient (Wildman–Crippen LogP) is 2.30. The zero-order valence-electron chi connectivity index (χ0n) is 13.8. The molecule has 1 aromatic carbocycles. The lowest BCUT2D eigenvalue weighted by Gasteiger charge is -2.22. The van der Waals surface area contributed by atoms with Crippen molar-refractivity contribution in [3.63, 3.8) is 0 Å². The summed E-state index contributed by atoms with van der Waals surface area (Å²) in [5.74, 6) is -0.184. The smallest absolute Gasteiger partial charge is 0.244 e. The number of carbonyl (C=O) groups is 2. The highest BCUT2D eigenvalue weighted by Gasteiger charge is 2.17. The van der Waals surface area contributed by atoms with Crippen molar-refractivity contribution in [2.24, 2.45) is 5.73 Å². The summed E-state index contributed by atoms with van der Waals surface area (Å²) in [5.41, 5.74) is 7.47. The van der Waals surface area contributed by atoms with Crippen LogP contribution in [0.4, 0.5) is 5.69 Å². The van der Waals surface area contributed by atoms with Crippen molar-refractivity contribution in [3.8, 4) is 0 Å². The second-order valence-corrected chi connectivity index (χ2v) is 5.69. The third-order valence-corrected chi connectivity index (χ3v) is 3.41. The van der Waals surface area contributed by atoms with E-state index in [1.165, 1.54) is 0 Å². The van der Waals surface area contributed by atoms with Gasteiger partial charge in [0.25, 0.3) is 0 Å². The highest BCUT2D eigenvalue weighted by atomic mass is 16.2. The molecule has 0 fully saturated rings. The fourth-order valence-corrected chi connectivity index (χ4v) is 2.15. The summed E-state index contributed by atoms with van der Waals surface area (Å²) in [6.07, 6.45) is 1.84. The highest BCUT2D eigenvalue weighted by molar-refractivity contribution is 5.95. The number of hydrogen-bond donors (Lipinski definition) is 2. The topological polar surface area (TPSA) is 75.4 Å². The first-order chi connectivity index (χ1) is 10.4. The fourth-order valence-electron chi connectivity index (χ4n) is 2.15. The Labute approximate surface area is 132 Å². The average molecular weight is 305 g/mol. The van der Waals surface area contributed by atoms with Crippen molar-refractivity contribution >= 4 is 17.5 Å². The number of nitrogens with one attached hydrogen (secondary N) is 1. The van der Waals surface area contributed by atoms with Crippen molar-refractivity contribution in [2.45, 2.75) is 46.1 Å². The molecule has 1 rings (SSSR count). The second-order valence-electron chi connectivity index (χ2n) is 5.69. The van der Waals surface area contributed by atoms with Gasteiger partial charge < -0.3 is 16.0 Å². The minimum Gasteiger partial charge on any atom is -0.333 e. The summed E-state index contributed by atoms with van der Waals surface area (Å²) in [7, 11) is 0. The molecule has 1 aromatic rings. The lowest BCUT2D eigenvalue weighted by atomic mass is 10.1. The summed E-state index contributed by atoms with van der Waals surface area (Å²) in [6.45, 7) is 6.47. The Morgan fingerprint density at radius 2 is 2.00 bits per heavy atom. The van der Waals surface area contributed by atoms with Crippen LogP contribution in [-0.4, -0.2) is 35.8 Å². The first kappa shape index (κ1) is 18.2. The van der Waals surface area contributed by atoms with Crippen molar-refractivity contribution < 1.29 is 9.59 Å². The molecular weight excluding hydrogens is 278 g/mol. The molecule has 0 spiro atoms. The summed E-state index contributed by atoms with van der Waals surface area (Å²) >= 11 is 0. The fraction of sp³-hybridized carbons (Fsp3) is 0.529. The van der Waals surface area contributed by atoms with Gasteiger partial charge in [0, 0.05) is 24.7 Å².